The lowest BCUT2D eigenvalue weighted by Gasteiger charge is -2.18. The van der Waals surface area contributed by atoms with Crippen LogP contribution in [-0.2, 0) is 0 Å². The highest BCUT2D eigenvalue weighted by Crippen LogP contribution is 2.11. The first-order chi connectivity index (χ1) is 8.15. The Kier molecular flexibility index (Phi) is 5.42. The number of rotatable bonds is 7. The van der Waals surface area contributed by atoms with Crippen LogP contribution in [0.5, 0.6) is 0 Å². The van der Waals surface area contributed by atoms with Gasteiger partial charge in [-0.2, -0.15) is 0 Å². The molecule has 0 atom stereocenters. The van der Waals surface area contributed by atoms with E-state index in [9.17, 15) is 4.79 Å². The molecule has 0 saturated heterocycles. The fourth-order valence-corrected chi connectivity index (χ4v) is 1.51. The summed E-state index contributed by atoms with van der Waals surface area (Å²) in [5.41, 5.74) is 0.0599. The Morgan fingerprint density at radius 1 is 1.35 bits per heavy atom. The van der Waals surface area contributed by atoms with E-state index in [-0.39, 0.29) is 12.3 Å². The molecule has 0 aliphatic heterocycles. The minimum atomic E-state index is -1.01. The monoisotopic (exact) mass is 238 g/mol. The molecule has 5 heteroatoms. The zero-order valence-electron chi connectivity index (χ0n) is 9.96. The van der Waals surface area contributed by atoms with Crippen LogP contribution < -0.4 is 4.90 Å². The second-order valence-electron chi connectivity index (χ2n) is 3.89. The third kappa shape index (κ3) is 4.40. The van der Waals surface area contributed by atoms with Gasteiger partial charge in [-0.1, -0.05) is 6.07 Å². The number of hydrogen-bond donors (Lipinski definition) is 2. The van der Waals surface area contributed by atoms with E-state index in [1.807, 2.05) is 11.9 Å². The molecule has 0 fully saturated rings. The van der Waals surface area contributed by atoms with Crippen LogP contribution in [0.1, 0.15) is 29.8 Å². The molecule has 1 aromatic rings. The van der Waals surface area contributed by atoms with Crippen molar-refractivity contribution in [2.75, 3.05) is 25.1 Å². The Balaban J connectivity index is 2.53. The van der Waals surface area contributed by atoms with Gasteiger partial charge in [0.2, 0.25) is 0 Å². The second-order valence-corrected chi connectivity index (χ2v) is 3.89. The Morgan fingerprint density at radius 3 is 2.76 bits per heavy atom. The van der Waals surface area contributed by atoms with Crippen molar-refractivity contribution in [2.24, 2.45) is 0 Å². The maximum absolute atomic E-state index is 10.8. The highest BCUT2D eigenvalue weighted by Gasteiger charge is 2.07. The summed E-state index contributed by atoms with van der Waals surface area (Å²) in [7, 11) is 1.88. The highest BCUT2D eigenvalue weighted by atomic mass is 16.4. The van der Waals surface area contributed by atoms with E-state index in [1.54, 1.807) is 12.1 Å². The number of aliphatic hydroxyl groups is 1. The van der Waals surface area contributed by atoms with Gasteiger partial charge in [-0.25, -0.2) is 9.78 Å². The molecule has 0 aliphatic rings. The molecule has 1 aromatic heterocycles. The zero-order chi connectivity index (χ0) is 12.7. The molecule has 0 amide bonds. The molecule has 0 aromatic carbocycles. The van der Waals surface area contributed by atoms with Crippen molar-refractivity contribution in [3.63, 3.8) is 0 Å². The highest BCUT2D eigenvalue weighted by molar-refractivity contribution is 5.85. The predicted octanol–water partition coefficient (Wildman–Crippen LogP) is 1.38. The van der Waals surface area contributed by atoms with Crippen LogP contribution in [0.4, 0.5) is 5.82 Å². The van der Waals surface area contributed by atoms with Crippen LogP contribution in [0, 0.1) is 0 Å². The number of nitrogens with zero attached hydrogens (tertiary/aromatic N) is 2. The summed E-state index contributed by atoms with van der Waals surface area (Å²) in [6, 6.07) is 4.96. The van der Waals surface area contributed by atoms with Crippen LogP contribution in [0.3, 0.4) is 0 Å². The third-order valence-corrected chi connectivity index (χ3v) is 2.50. The smallest absolute Gasteiger partial charge is 0.354 e. The minimum Gasteiger partial charge on any atom is -0.477 e. The SMILES string of the molecule is CN(CCCCCO)c1cccc(C(=O)O)n1. The second kappa shape index (κ2) is 6.85. The Hall–Kier alpha value is -1.62. The number of carbonyl (C=O) groups is 1. The van der Waals surface area contributed by atoms with E-state index in [1.165, 1.54) is 6.07 Å². The first-order valence-corrected chi connectivity index (χ1v) is 5.67. The van der Waals surface area contributed by atoms with Gasteiger partial charge in [-0.15, -0.1) is 0 Å². The van der Waals surface area contributed by atoms with Gasteiger partial charge in [-0.3, -0.25) is 0 Å². The van der Waals surface area contributed by atoms with E-state index >= 15 is 0 Å². The number of aromatic nitrogens is 1. The van der Waals surface area contributed by atoms with E-state index in [4.69, 9.17) is 10.2 Å². The van der Waals surface area contributed by atoms with E-state index in [0.29, 0.717) is 5.82 Å². The van der Waals surface area contributed by atoms with E-state index in [2.05, 4.69) is 4.98 Å². The Morgan fingerprint density at radius 2 is 2.12 bits per heavy atom. The first kappa shape index (κ1) is 13.4. The van der Waals surface area contributed by atoms with Crippen molar-refractivity contribution in [2.45, 2.75) is 19.3 Å². The lowest BCUT2D eigenvalue weighted by Crippen LogP contribution is -2.20. The molecule has 2 N–H and O–H groups in total. The summed E-state index contributed by atoms with van der Waals surface area (Å²) in [6.07, 6.45) is 2.71. The van der Waals surface area contributed by atoms with Crippen LogP contribution in [0.2, 0.25) is 0 Å². The van der Waals surface area contributed by atoms with Gasteiger partial charge in [0, 0.05) is 20.2 Å². The molecule has 1 heterocycles. The Labute approximate surface area is 101 Å². The fraction of sp³-hybridized carbons (Fsp3) is 0.500. The number of carboxylic acids is 1. The normalized spacial score (nSPS) is 10.2. The van der Waals surface area contributed by atoms with Crippen LogP contribution >= 0.6 is 0 Å². The maximum atomic E-state index is 10.8. The molecule has 5 nitrogen and oxygen atoms in total. The predicted molar refractivity (Wildman–Crippen MR) is 65.4 cm³/mol. The van der Waals surface area contributed by atoms with E-state index < -0.39 is 5.97 Å². The maximum Gasteiger partial charge on any atom is 0.354 e. The van der Waals surface area contributed by atoms with Gasteiger partial charge >= 0.3 is 5.97 Å². The molecular formula is C12H18N2O3. The van der Waals surface area contributed by atoms with Gasteiger partial charge in [-0.05, 0) is 31.4 Å². The average Bonchev–Trinajstić information content (AvgIpc) is 2.34. The number of hydrogen-bond acceptors (Lipinski definition) is 4. The van der Waals surface area contributed by atoms with Crippen LogP contribution in [0.25, 0.3) is 0 Å². The van der Waals surface area contributed by atoms with Gasteiger partial charge in [0.05, 0.1) is 0 Å². The quantitative estimate of drug-likeness (QED) is 0.702. The number of pyridine rings is 1. The first-order valence-electron chi connectivity index (χ1n) is 5.67. The molecular weight excluding hydrogens is 220 g/mol. The van der Waals surface area contributed by atoms with Gasteiger partial charge in [0.25, 0.3) is 0 Å². The van der Waals surface area contributed by atoms with Crippen molar-refractivity contribution >= 4 is 11.8 Å². The third-order valence-electron chi connectivity index (χ3n) is 2.50. The lowest BCUT2D eigenvalue weighted by molar-refractivity contribution is 0.0690. The summed E-state index contributed by atoms with van der Waals surface area (Å²) < 4.78 is 0. The molecule has 0 radical (unpaired) electrons. The standard InChI is InChI=1S/C12H18N2O3/c1-14(8-3-2-4-9-15)11-7-5-6-10(13-11)12(16)17/h5-7,15H,2-4,8-9H2,1H3,(H,16,17). The molecule has 1 rings (SSSR count). The van der Waals surface area contributed by atoms with Crippen molar-refractivity contribution in [3.05, 3.63) is 23.9 Å². The lowest BCUT2D eigenvalue weighted by atomic mass is 10.2. The van der Waals surface area contributed by atoms with Crippen molar-refractivity contribution in [3.8, 4) is 0 Å². The van der Waals surface area contributed by atoms with Gasteiger partial charge in [0.15, 0.2) is 5.69 Å². The molecule has 94 valence electrons. The molecule has 0 bridgehead atoms. The number of anilines is 1. The van der Waals surface area contributed by atoms with Gasteiger partial charge in [0.1, 0.15) is 5.82 Å². The zero-order valence-corrected chi connectivity index (χ0v) is 9.96. The molecule has 0 saturated carbocycles. The summed E-state index contributed by atoms with van der Waals surface area (Å²) in [5, 5.41) is 17.5. The Bertz CT molecular complexity index is 369. The number of unbranched alkanes of at least 4 members (excludes halogenated alkanes) is 2. The molecule has 0 unspecified atom stereocenters. The molecule has 0 aliphatic carbocycles. The molecule has 17 heavy (non-hydrogen) atoms. The van der Waals surface area contributed by atoms with Crippen molar-refractivity contribution in [1.29, 1.82) is 0 Å². The van der Waals surface area contributed by atoms with E-state index in [0.717, 1.165) is 25.8 Å². The van der Waals surface area contributed by atoms with Crippen LogP contribution in [-0.4, -0.2) is 41.4 Å². The number of aliphatic hydroxyl groups excluding tert-OH is 1. The van der Waals surface area contributed by atoms with Crippen molar-refractivity contribution in [1.82, 2.24) is 4.98 Å². The minimum absolute atomic E-state index is 0.0599. The summed E-state index contributed by atoms with van der Waals surface area (Å²) in [4.78, 5) is 16.7. The molecule has 0 spiro atoms. The summed E-state index contributed by atoms with van der Waals surface area (Å²) in [5.74, 6) is -0.352. The number of aromatic carboxylic acids is 1. The topological polar surface area (TPSA) is 73.7 Å². The largest absolute Gasteiger partial charge is 0.477 e. The number of carboxylic acid groups (broad SMARTS) is 1. The van der Waals surface area contributed by atoms with Crippen molar-refractivity contribution < 1.29 is 15.0 Å². The summed E-state index contributed by atoms with van der Waals surface area (Å²) >= 11 is 0. The summed E-state index contributed by atoms with van der Waals surface area (Å²) in [6.45, 7) is 1.02. The average molecular weight is 238 g/mol. The fourth-order valence-electron chi connectivity index (χ4n) is 1.51. The van der Waals surface area contributed by atoms with Crippen LogP contribution in [0.15, 0.2) is 18.2 Å². The van der Waals surface area contributed by atoms with Gasteiger partial charge < -0.3 is 15.1 Å².